The standard InChI is InChI=1S/C11H17N3O5S2/c1-19-10-2-4-11(5-3-10)20(15,16)13-6-8-14(9-7-13)21(12,17)18/h2-5H,6-9H2,1H3,(H2,12,17,18). The van der Waals surface area contributed by atoms with Crippen molar-refractivity contribution in [1.29, 1.82) is 0 Å². The number of nitrogens with two attached hydrogens (primary N) is 1. The summed E-state index contributed by atoms with van der Waals surface area (Å²) in [4.78, 5) is 0.146. The van der Waals surface area contributed by atoms with Gasteiger partial charge in [-0.15, -0.1) is 0 Å². The van der Waals surface area contributed by atoms with E-state index in [0.29, 0.717) is 5.75 Å². The van der Waals surface area contributed by atoms with Gasteiger partial charge in [-0.05, 0) is 24.3 Å². The van der Waals surface area contributed by atoms with Gasteiger partial charge < -0.3 is 4.74 Å². The van der Waals surface area contributed by atoms with E-state index in [-0.39, 0.29) is 31.1 Å². The summed E-state index contributed by atoms with van der Waals surface area (Å²) in [6, 6.07) is 6.04. The Morgan fingerprint density at radius 3 is 1.86 bits per heavy atom. The minimum Gasteiger partial charge on any atom is -0.497 e. The van der Waals surface area contributed by atoms with Gasteiger partial charge in [0.1, 0.15) is 5.75 Å². The van der Waals surface area contributed by atoms with Crippen LogP contribution >= 0.6 is 0 Å². The molecular weight excluding hydrogens is 318 g/mol. The molecule has 1 aliphatic rings. The Balaban J connectivity index is 2.14. The summed E-state index contributed by atoms with van der Waals surface area (Å²) in [6.07, 6.45) is 0. The molecule has 10 heteroatoms. The van der Waals surface area contributed by atoms with E-state index < -0.39 is 20.2 Å². The molecule has 0 bridgehead atoms. The zero-order chi connectivity index (χ0) is 15.7. The molecule has 118 valence electrons. The first-order valence-corrected chi connectivity index (χ1v) is 9.11. The second-order valence-electron chi connectivity index (χ2n) is 4.52. The lowest BCUT2D eigenvalue weighted by Crippen LogP contribution is -2.52. The van der Waals surface area contributed by atoms with Crippen molar-refractivity contribution in [1.82, 2.24) is 8.61 Å². The maximum absolute atomic E-state index is 12.4. The largest absolute Gasteiger partial charge is 0.497 e. The fourth-order valence-corrected chi connectivity index (χ4v) is 4.16. The van der Waals surface area contributed by atoms with E-state index in [4.69, 9.17) is 9.88 Å². The highest BCUT2D eigenvalue weighted by molar-refractivity contribution is 7.89. The molecule has 0 aliphatic carbocycles. The lowest BCUT2D eigenvalue weighted by Gasteiger charge is -2.32. The van der Waals surface area contributed by atoms with Gasteiger partial charge >= 0.3 is 0 Å². The summed E-state index contributed by atoms with van der Waals surface area (Å²) in [5.74, 6) is 0.563. The fraction of sp³-hybridized carbons (Fsp3) is 0.455. The molecule has 0 spiro atoms. The number of piperazine rings is 1. The molecule has 0 unspecified atom stereocenters. The van der Waals surface area contributed by atoms with Crippen molar-refractivity contribution < 1.29 is 21.6 Å². The number of nitrogens with zero attached hydrogens (tertiary/aromatic N) is 2. The van der Waals surface area contributed by atoms with Crippen molar-refractivity contribution in [2.45, 2.75) is 4.90 Å². The van der Waals surface area contributed by atoms with E-state index in [0.717, 1.165) is 4.31 Å². The van der Waals surface area contributed by atoms with E-state index in [1.165, 1.54) is 23.5 Å². The van der Waals surface area contributed by atoms with Gasteiger partial charge in [-0.1, -0.05) is 0 Å². The van der Waals surface area contributed by atoms with Crippen LogP contribution in [-0.4, -0.2) is 58.7 Å². The fourth-order valence-electron chi connectivity index (χ4n) is 2.06. The Bertz CT molecular complexity index is 692. The molecule has 1 heterocycles. The number of sulfonamides is 1. The van der Waals surface area contributed by atoms with Crippen molar-refractivity contribution in [3.05, 3.63) is 24.3 Å². The maximum Gasteiger partial charge on any atom is 0.276 e. The van der Waals surface area contributed by atoms with Crippen LogP contribution < -0.4 is 9.88 Å². The first-order chi connectivity index (χ1) is 9.75. The molecule has 0 aromatic heterocycles. The van der Waals surface area contributed by atoms with Crippen LogP contribution in [0.25, 0.3) is 0 Å². The Morgan fingerprint density at radius 1 is 0.952 bits per heavy atom. The summed E-state index contributed by atoms with van der Waals surface area (Å²) in [5.41, 5.74) is 0. The Kier molecular flexibility index (Phi) is 4.54. The third-order valence-corrected chi connectivity index (χ3v) is 6.25. The van der Waals surface area contributed by atoms with E-state index >= 15 is 0 Å². The number of benzene rings is 1. The lowest BCUT2D eigenvalue weighted by atomic mass is 10.3. The van der Waals surface area contributed by atoms with Crippen LogP contribution in [0, 0.1) is 0 Å². The number of hydrogen-bond donors (Lipinski definition) is 1. The summed E-state index contributed by atoms with van der Waals surface area (Å²) in [7, 11) is -5.92. The third-order valence-electron chi connectivity index (χ3n) is 3.25. The SMILES string of the molecule is COc1ccc(S(=O)(=O)N2CCN(S(N)(=O)=O)CC2)cc1. The average molecular weight is 335 g/mol. The molecule has 2 rings (SSSR count). The quantitative estimate of drug-likeness (QED) is 0.775. The topological polar surface area (TPSA) is 110 Å². The zero-order valence-corrected chi connectivity index (χ0v) is 13.1. The predicted molar refractivity (Wildman–Crippen MR) is 76.4 cm³/mol. The minimum absolute atomic E-state index is 0.0498. The van der Waals surface area contributed by atoms with Crippen LogP contribution in [0.1, 0.15) is 0 Å². The van der Waals surface area contributed by atoms with Crippen LogP contribution in [0.2, 0.25) is 0 Å². The van der Waals surface area contributed by atoms with Gasteiger partial charge in [0.05, 0.1) is 12.0 Å². The van der Waals surface area contributed by atoms with Crippen molar-refractivity contribution >= 4 is 20.2 Å². The average Bonchev–Trinajstić information content (AvgIpc) is 2.46. The first kappa shape index (κ1) is 16.2. The first-order valence-electron chi connectivity index (χ1n) is 6.17. The summed E-state index contributed by atoms with van der Waals surface area (Å²) >= 11 is 0. The molecular formula is C11H17N3O5S2. The van der Waals surface area contributed by atoms with Gasteiger partial charge in [0, 0.05) is 26.2 Å². The smallest absolute Gasteiger partial charge is 0.276 e. The highest BCUT2D eigenvalue weighted by Gasteiger charge is 2.31. The summed E-state index contributed by atoms with van der Waals surface area (Å²) < 4.78 is 54.6. The third kappa shape index (κ3) is 3.52. The molecule has 0 amide bonds. The van der Waals surface area contributed by atoms with Crippen LogP contribution in [0.4, 0.5) is 0 Å². The highest BCUT2D eigenvalue weighted by Crippen LogP contribution is 2.20. The zero-order valence-electron chi connectivity index (χ0n) is 11.5. The molecule has 0 atom stereocenters. The van der Waals surface area contributed by atoms with E-state index in [9.17, 15) is 16.8 Å². The summed E-state index contributed by atoms with van der Waals surface area (Å²) in [6.45, 7) is 0.248. The number of hydrogen-bond acceptors (Lipinski definition) is 5. The van der Waals surface area contributed by atoms with E-state index in [2.05, 4.69) is 0 Å². The van der Waals surface area contributed by atoms with Crippen molar-refractivity contribution in [3.8, 4) is 5.75 Å². The van der Waals surface area contributed by atoms with Crippen molar-refractivity contribution in [2.24, 2.45) is 5.14 Å². The second-order valence-corrected chi connectivity index (χ2v) is 8.01. The highest BCUT2D eigenvalue weighted by atomic mass is 32.2. The minimum atomic E-state index is -3.77. The number of rotatable bonds is 4. The van der Waals surface area contributed by atoms with Crippen LogP contribution in [0.15, 0.2) is 29.2 Å². The summed E-state index contributed by atoms with van der Waals surface area (Å²) in [5, 5.41) is 5.02. The van der Waals surface area contributed by atoms with Gasteiger partial charge in [-0.25, -0.2) is 13.6 Å². The predicted octanol–water partition coefficient (Wildman–Crippen LogP) is -0.795. The maximum atomic E-state index is 12.4. The van der Waals surface area contributed by atoms with Gasteiger partial charge in [0.25, 0.3) is 10.2 Å². The molecule has 1 saturated heterocycles. The van der Waals surface area contributed by atoms with Crippen LogP contribution in [0.5, 0.6) is 5.75 Å². The van der Waals surface area contributed by atoms with Crippen LogP contribution in [-0.2, 0) is 20.2 Å². The molecule has 1 aromatic rings. The van der Waals surface area contributed by atoms with Gasteiger partial charge in [0.2, 0.25) is 10.0 Å². The van der Waals surface area contributed by atoms with E-state index in [1.54, 1.807) is 12.1 Å². The normalized spacial score (nSPS) is 18.6. The van der Waals surface area contributed by atoms with Gasteiger partial charge in [-0.2, -0.15) is 17.0 Å². The Morgan fingerprint density at radius 2 is 1.43 bits per heavy atom. The Labute approximate surface area is 124 Å². The molecule has 0 saturated carbocycles. The molecule has 0 radical (unpaired) electrons. The second kappa shape index (κ2) is 5.89. The van der Waals surface area contributed by atoms with Crippen LogP contribution in [0.3, 0.4) is 0 Å². The Hall–Kier alpha value is -1.20. The van der Waals surface area contributed by atoms with E-state index in [1.807, 2.05) is 0 Å². The molecule has 21 heavy (non-hydrogen) atoms. The van der Waals surface area contributed by atoms with Gasteiger partial charge in [-0.3, -0.25) is 0 Å². The van der Waals surface area contributed by atoms with Gasteiger partial charge in [0.15, 0.2) is 0 Å². The van der Waals surface area contributed by atoms with Crippen molar-refractivity contribution in [2.75, 3.05) is 33.3 Å². The molecule has 1 aromatic carbocycles. The molecule has 8 nitrogen and oxygen atoms in total. The molecule has 2 N–H and O–H groups in total. The number of ether oxygens (including phenoxy) is 1. The molecule has 1 fully saturated rings. The monoisotopic (exact) mass is 335 g/mol. The number of methoxy groups -OCH3 is 1. The van der Waals surface area contributed by atoms with Crippen molar-refractivity contribution in [3.63, 3.8) is 0 Å². The lowest BCUT2D eigenvalue weighted by molar-refractivity contribution is 0.273. The molecule has 1 aliphatic heterocycles.